The molecule has 1 saturated heterocycles. The van der Waals surface area contributed by atoms with Gasteiger partial charge in [0.25, 0.3) is 5.91 Å². The van der Waals surface area contributed by atoms with Crippen LogP contribution in [-0.2, 0) is 4.79 Å². The number of ether oxygens (including phenoxy) is 1. The zero-order valence-electron chi connectivity index (χ0n) is 10.1. The van der Waals surface area contributed by atoms with Gasteiger partial charge in [-0.3, -0.25) is 4.79 Å². The molecule has 0 aliphatic carbocycles. The van der Waals surface area contributed by atoms with Gasteiger partial charge in [0, 0.05) is 18.1 Å². The maximum Gasteiger partial charge on any atom is 0.260 e. The summed E-state index contributed by atoms with van der Waals surface area (Å²) >= 11 is 5.76. The maximum atomic E-state index is 11.8. The van der Waals surface area contributed by atoms with Gasteiger partial charge in [-0.1, -0.05) is 11.6 Å². The van der Waals surface area contributed by atoms with Gasteiger partial charge in [-0.05, 0) is 43.1 Å². The Morgan fingerprint density at radius 1 is 1.39 bits per heavy atom. The Bertz CT molecular complexity index is 402. The highest BCUT2D eigenvalue weighted by Gasteiger charge is 2.29. The van der Waals surface area contributed by atoms with Crippen molar-refractivity contribution in [1.82, 2.24) is 4.90 Å². The summed E-state index contributed by atoms with van der Waals surface area (Å²) in [6, 6.07) is 6.98. The molecular formula is C13H17ClN2O2. The second kappa shape index (κ2) is 6.07. The molecule has 1 aromatic rings. The van der Waals surface area contributed by atoms with Crippen molar-refractivity contribution in [3.8, 4) is 5.75 Å². The zero-order valence-corrected chi connectivity index (χ0v) is 10.9. The fourth-order valence-corrected chi connectivity index (χ4v) is 2.08. The minimum atomic E-state index is 0.0261. The van der Waals surface area contributed by atoms with Crippen molar-refractivity contribution in [2.75, 3.05) is 26.2 Å². The van der Waals surface area contributed by atoms with Gasteiger partial charge in [-0.25, -0.2) is 0 Å². The van der Waals surface area contributed by atoms with Crippen LogP contribution in [0.5, 0.6) is 5.75 Å². The molecule has 18 heavy (non-hydrogen) atoms. The van der Waals surface area contributed by atoms with Crippen LogP contribution >= 0.6 is 11.6 Å². The first-order chi connectivity index (χ1) is 8.69. The third-order valence-corrected chi connectivity index (χ3v) is 3.31. The Morgan fingerprint density at radius 3 is 2.67 bits per heavy atom. The van der Waals surface area contributed by atoms with Gasteiger partial charge in [0.05, 0.1) is 0 Å². The summed E-state index contributed by atoms with van der Waals surface area (Å²) in [4.78, 5) is 13.6. The van der Waals surface area contributed by atoms with Gasteiger partial charge in [-0.2, -0.15) is 0 Å². The summed E-state index contributed by atoms with van der Waals surface area (Å²) in [5, 5.41) is 0.654. The number of likely N-dealkylation sites (tertiary alicyclic amines) is 1. The summed E-state index contributed by atoms with van der Waals surface area (Å²) in [6.07, 6.45) is 0.988. The highest BCUT2D eigenvalue weighted by Crippen LogP contribution is 2.19. The number of carbonyl (C=O) groups excluding carboxylic acids is 1. The van der Waals surface area contributed by atoms with Crippen molar-refractivity contribution in [2.24, 2.45) is 11.7 Å². The lowest BCUT2D eigenvalue weighted by Crippen LogP contribution is -2.52. The lowest BCUT2D eigenvalue weighted by Gasteiger charge is -2.39. The Hall–Kier alpha value is -1.26. The number of halogens is 1. The van der Waals surface area contributed by atoms with Crippen LogP contribution in [0.1, 0.15) is 6.42 Å². The quantitative estimate of drug-likeness (QED) is 0.881. The van der Waals surface area contributed by atoms with E-state index in [0.29, 0.717) is 23.2 Å². The first kappa shape index (κ1) is 13.2. The third-order valence-electron chi connectivity index (χ3n) is 3.06. The van der Waals surface area contributed by atoms with Crippen molar-refractivity contribution in [3.63, 3.8) is 0 Å². The summed E-state index contributed by atoms with van der Waals surface area (Å²) in [5.41, 5.74) is 5.47. The monoisotopic (exact) mass is 268 g/mol. The van der Waals surface area contributed by atoms with E-state index in [1.807, 2.05) is 0 Å². The number of nitrogens with zero attached hydrogens (tertiary/aromatic N) is 1. The van der Waals surface area contributed by atoms with Gasteiger partial charge in [0.2, 0.25) is 0 Å². The van der Waals surface area contributed by atoms with E-state index in [0.717, 1.165) is 19.5 Å². The minimum Gasteiger partial charge on any atom is -0.484 e. The number of benzene rings is 1. The van der Waals surface area contributed by atoms with E-state index in [2.05, 4.69) is 0 Å². The number of hydrogen-bond acceptors (Lipinski definition) is 3. The molecule has 98 valence electrons. The van der Waals surface area contributed by atoms with E-state index in [1.54, 1.807) is 29.2 Å². The lowest BCUT2D eigenvalue weighted by molar-refractivity contribution is -0.139. The number of carbonyl (C=O) groups is 1. The molecule has 4 nitrogen and oxygen atoms in total. The zero-order chi connectivity index (χ0) is 13.0. The van der Waals surface area contributed by atoms with Crippen molar-refractivity contribution >= 4 is 17.5 Å². The van der Waals surface area contributed by atoms with Crippen LogP contribution in [0.15, 0.2) is 24.3 Å². The second-order valence-electron chi connectivity index (χ2n) is 4.48. The van der Waals surface area contributed by atoms with E-state index >= 15 is 0 Å². The van der Waals surface area contributed by atoms with Gasteiger partial charge < -0.3 is 15.4 Å². The van der Waals surface area contributed by atoms with E-state index in [9.17, 15) is 4.79 Å². The summed E-state index contributed by atoms with van der Waals surface area (Å²) < 4.78 is 5.40. The van der Waals surface area contributed by atoms with Gasteiger partial charge in [0.15, 0.2) is 6.61 Å². The molecule has 1 heterocycles. The van der Waals surface area contributed by atoms with E-state index in [-0.39, 0.29) is 12.5 Å². The molecule has 2 N–H and O–H groups in total. The SMILES string of the molecule is NCCC1CN(C(=O)COc2ccc(Cl)cc2)C1. The predicted molar refractivity (Wildman–Crippen MR) is 70.7 cm³/mol. The summed E-state index contributed by atoms with van der Waals surface area (Å²) in [5.74, 6) is 1.25. The molecule has 1 fully saturated rings. The third kappa shape index (κ3) is 3.37. The lowest BCUT2D eigenvalue weighted by atomic mass is 9.96. The van der Waals surface area contributed by atoms with E-state index in [1.165, 1.54) is 0 Å². The van der Waals surface area contributed by atoms with Gasteiger partial charge >= 0.3 is 0 Å². The fraction of sp³-hybridized carbons (Fsp3) is 0.462. The number of nitrogens with two attached hydrogens (primary N) is 1. The van der Waals surface area contributed by atoms with Crippen LogP contribution in [0.4, 0.5) is 0 Å². The average Bonchev–Trinajstić information content (AvgIpc) is 2.32. The molecule has 1 aliphatic heterocycles. The van der Waals surface area contributed by atoms with Crippen LogP contribution in [0.2, 0.25) is 5.02 Å². The van der Waals surface area contributed by atoms with E-state index < -0.39 is 0 Å². The molecule has 1 aromatic carbocycles. The largest absolute Gasteiger partial charge is 0.484 e. The second-order valence-corrected chi connectivity index (χ2v) is 4.92. The highest BCUT2D eigenvalue weighted by molar-refractivity contribution is 6.30. The number of rotatable bonds is 5. The molecule has 1 aliphatic rings. The first-order valence-electron chi connectivity index (χ1n) is 6.05. The van der Waals surface area contributed by atoms with Gasteiger partial charge in [-0.15, -0.1) is 0 Å². The average molecular weight is 269 g/mol. The Morgan fingerprint density at radius 2 is 2.06 bits per heavy atom. The molecule has 1 amide bonds. The Balaban J connectivity index is 1.71. The standard InChI is InChI=1S/C13H17ClN2O2/c14-11-1-3-12(4-2-11)18-9-13(17)16-7-10(8-16)5-6-15/h1-4,10H,5-9,15H2. The number of hydrogen-bond donors (Lipinski definition) is 1. The fourth-order valence-electron chi connectivity index (χ4n) is 1.96. The molecule has 2 rings (SSSR count). The molecule has 5 heteroatoms. The van der Waals surface area contributed by atoms with Crippen molar-refractivity contribution < 1.29 is 9.53 Å². The smallest absolute Gasteiger partial charge is 0.260 e. The summed E-state index contributed by atoms with van der Waals surface area (Å²) in [6.45, 7) is 2.38. The Kier molecular flexibility index (Phi) is 4.44. The van der Waals surface area contributed by atoms with Crippen LogP contribution < -0.4 is 10.5 Å². The van der Waals surface area contributed by atoms with Crippen LogP contribution in [-0.4, -0.2) is 37.0 Å². The highest BCUT2D eigenvalue weighted by atomic mass is 35.5. The van der Waals surface area contributed by atoms with Crippen molar-refractivity contribution in [2.45, 2.75) is 6.42 Å². The van der Waals surface area contributed by atoms with Crippen molar-refractivity contribution in [1.29, 1.82) is 0 Å². The number of amides is 1. The van der Waals surface area contributed by atoms with E-state index in [4.69, 9.17) is 22.1 Å². The molecular weight excluding hydrogens is 252 g/mol. The molecule has 0 bridgehead atoms. The molecule has 0 atom stereocenters. The molecule has 0 spiro atoms. The summed E-state index contributed by atoms with van der Waals surface area (Å²) in [7, 11) is 0. The molecule has 0 unspecified atom stereocenters. The topological polar surface area (TPSA) is 55.6 Å². The Labute approximate surface area is 112 Å². The first-order valence-corrected chi connectivity index (χ1v) is 6.43. The van der Waals surface area contributed by atoms with Crippen LogP contribution in [0.3, 0.4) is 0 Å². The van der Waals surface area contributed by atoms with Gasteiger partial charge in [0.1, 0.15) is 5.75 Å². The van der Waals surface area contributed by atoms with Crippen LogP contribution in [0.25, 0.3) is 0 Å². The van der Waals surface area contributed by atoms with Crippen molar-refractivity contribution in [3.05, 3.63) is 29.3 Å². The normalized spacial score (nSPS) is 15.3. The predicted octanol–water partition coefficient (Wildman–Crippen LogP) is 1.53. The molecule has 0 saturated carbocycles. The maximum absolute atomic E-state index is 11.8. The minimum absolute atomic E-state index is 0.0261. The molecule has 0 radical (unpaired) electrons. The molecule has 0 aromatic heterocycles. The van der Waals surface area contributed by atoms with Crippen LogP contribution in [0, 0.1) is 5.92 Å².